The number of halogens is 3. The molecule has 1 aliphatic carbocycles. The molecular weight excluding hydrogens is 515 g/mol. The van der Waals surface area contributed by atoms with Crippen LogP contribution in [0.15, 0.2) is 36.9 Å². The molecule has 0 atom stereocenters. The summed E-state index contributed by atoms with van der Waals surface area (Å²) >= 11 is 0. The van der Waals surface area contributed by atoms with E-state index in [9.17, 15) is 13.2 Å². The predicted molar refractivity (Wildman–Crippen MR) is 136 cm³/mol. The average molecular weight is 542 g/mol. The number of benzene rings is 1. The fourth-order valence-electron chi connectivity index (χ4n) is 4.26. The van der Waals surface area contributed by atoms with E-state index in [-0.39, 0.29) is 12.4 Å². The van der Waals surface area contributed by atoms with Gasteiger partial charge in [0, 0.05) is 36.8 Å². The second-order valence-electron chi connectivity index (χ2n) is 8.97. The van der Waals surface area contributed by atoms with E-state index in [1.165, 1.54) is 39.3 Å². The van der Waals surface area contributed by atoms with Gasteiger partial charge in [0.15, 0.2) is 23.1 Å². The summed E-state index contributed by atoms with van der Waals surface area (Å²) in [4.78, 5) is 21.6. The van der Waals surface area contributed by atoms with Crippen LogP contribution in [-0.4, -0.2) is 50.8 Å². The van der Waals surface area contributed by atoms with Gasteiger partial charge in [0.1, 0.15) is 23.5 Å². The molecule has 204 valence electrons. The molecule has 13 heteroatoms. The number of hydrogen-bond donors (Lipinski definition) is 1. The van der Waals surface area contributed by atoms with Gasteiger partial charge in [-0.2, -0.15) is 13.2 Å². The Labute approximate surface area is 222 Å². The van der Waals surface area contributed by atoms with Crippen molar-refractivity contribution in [3.63, 3.8) is 0 Å². The van der Waals surface area contributed by atoms with Gasteiger partial charge in [-0.15, -0.1) is 0 Å². The maximum atomic E-state index is 13.1. The summed E-state index contributed by atoms with van der Waals surface area (Å²) in [6.07, 6.45) is 1.52. The topological polar surface area (TPSA) is 109 Å². The lowest BCUT2D eigenvalue weighted by Crippen LogP contribution is -2.08. The van der Waals surface area contributed by atoms with E-state index < -0.39 is 11.9 Å². The van der Waals surface area contributed by atoms with Crippen LogP contribution in [0.4, 0.5) is 19.0 Å². The van der Waals surface area contributed by atoms with E-state index in [0.717, 1.165) is 30.3 Å². The van der Waals surface area contributed by atoms with Crippen molar-refractivity contribution in [2.45, 2.75) is 31.5 Å². The third-order valence-electron chi connectivity index (χ3n) is 6.36. The monoisotopic (exact) mass is 541 g/mol. The molecule has 10 nitrogen and oxygen atoms in total. The minimum Gasteiger partial charge on any atom is -0.496 e. The van der Waals surface area contributed by atoms with Crippen LogP contribution in [0.5, 0.6) is 17.4 Å². The summed E-state index contributed by atoms with van der Waals surface area (Å²) < 4.78 is 57.2. The van der Waals surface area contributed by atoms with Crippen molar-refractivity contribution < 1.29 is 27.4 Å². The van der Waals surface area contributed by atoms with Gasteiger partial charge in [0.2, 0.25) is 5.88 Å². The molecule has 0 amide bonds. The normalized spacial score (nSPS) is 13.3. The van der Waals surface area contributed by atoms with Gasteiger partial charge >= 0.3 is 6.18 Å². The van der Waals surface area contributed by atoms with E-state index >= 15 is 0 Å². The van der Waals surface area contributed by atoms with Crippen LogP contribution in [0, 0.1) is 0 Å². The zero-order valence-corrected chi connectivity index (χ0v) is 21.7. The molecule has 1 N–H and O–H groups in total. The van der Waals surface area contributed by atoms with Crippen molar-refractivity contribution in [3.8, 4) is 40.2 Å². The third-order valence-corrected chi connectivity index (χ3v) is 6.36. The summed E-state index contributed by atoms with van der Waals surface area (Å²) in [5.74, 6) is 2.60. The lowest BCUT2D eigenvalue weighted by atomic mass is 10.1. The van der Waals surface area contributed by atoms with Crippen molar-refractivity contribution in [1.29, 1.82) is 0 Å². The van der Waals surface area contributed by atoms with Crippen molar-refractivity contribution >= 4 is 5.82 Å². The molecule has 5 rings (SSSR count). The van der Waals surface area contributed by atoms with Crippen LogP contribution in [-0.2, 0) is 19.8 Å². The molecule has 39 heavy (non-hydrogen) atoms. The molecule has 0 aliphatic heterocycles. The average Bonchev–Trinajstić information content (AvgIpc) is 3.71. The van der Waals surface area contributed by atoms with Crippen LogP contribution >= 0.6 is 0 Å². The SMILES string of the molecule is COc1cc(-c2nc(C(F)(F)F)cn2C)ccc1CNc1nc(-c2c(OC)ncnc2C2CC2)ncc1OC. The number of aryl methyl sites for hydroxylation is 1. The number of nitrogens with zero attached hydrogens (tertiary/aromatic N) is 6. The number of nitrogens with one attached hydrogen (secondary N) is 1. The molecular formula is C26H26F3N7O3. The molecule has 0 bridgehead atoms. The number of anilines is 1. The molecule has 4 aromatic rings. The molecule has 1 saturated carbocycles. The van der Waals surface area contributed by atoms with Gasteiger partial charge in [-0.05, 0) is 18.9 Å². The molecule has 1 fully saturated rings. The van der Waals surface area contributed by atoms with Crippen molar-refractivity contribution in [2.24, 2.45) is 7.05 Å². The quantitative estimate of drug-likeness (QED) is 0.317. The number of rotatable bonds is 9. The van der Waals surface area contributed by atoms with Crippen LogP contribution in [0.2, 0.25) is 0 Å². The lowest BCUT2D eigenvalue weighted by Gasteiger charge is -2.15. The highest BCUT2D eigenvalue weighted by molar-refractivity contribution is 5.68. The van der Waals surface area contributed by atoms with E-state index in [2.05, 4.69) is 25.3 Å². The van der Waals surface area contributed by atoms with Gasteiger partial charge in [-0.3, -0.25) is 0 Å². The molecule has 0 saturated heterocycles. The van der Waals surface area contributed by atoms with Crippen LogP contribution in [0.3, 0.4) is 0 Å². The van der Waals surface area contributed by atoms with Crippen molar-refractivity contribution in [2.75, 3.05) is 26.6 Å². The summed E-state index contributed by atoms with van der Waals surface area (Å²) in [6.45, 7) is 0.280. The first-order chi connectivity index (χ1) is 18.7. The minimum absolute atomic E-state index is 0.174. The van der Waals surface area contributed by atoms with E-state index in [4.69, 9.17) is 19.2 Å². The Morgan fingerprint density at radius 3 is 2.41 bits per heavy atom. The number of aromatic nitrogens is 6. The first kappa shape index (κ1) is 26.2. The maximum Gasteiger partial charge on any atom is 0.434 e. The van der Waals surface area contributed by atoms with Gasteiger partial charge in [-0.1, -0.05) is 12.1 Å². The number of alkyl halides is 3. The lowest BCUT2D eigenvalue weighted by molar-refractivity contribution is -0.140. The molecule has 0 unspecified atom stereocenters. The summed E-state index contributed by atoms with van der Waals surface area (Å²) in [5, 5.41) is 3.25. The summed E-state index contributed by atoms with van der Waals surface area (Å²) in [6, 6.07) is 5.10. The Morgan fingerprint density at radius 2 is 1.77 bits per heavy atom. The molecule has 1 aromatic carbocycles. The van der Waals surface area contributed by atoms with E-state index in [1.807, 2.05) is 0 Å². The standard InChI is InChI=1S/C26H26F3N7O3/c1-36-12-19(26(27,28)29)34-24(36)15-7-8-16(17(9-15)37-2)10-30-22-18(38-3)11-31-23(35-22)20-21(14-5-6-14)32-13-33-25(20)39-4/h7-9,11-14H,5-6,10H2,1-4H3,(H,30,31,35). The Bertz CT molecular complexity index is 1500. The molecule has 3 aromatic heterocycles. The second-order valence-corrected chi connectivity index (χ2v) is 8.97. The van der Waals surface area contributed by atoms with Gasteiger partial charge < -0.3 is 24.1 Å². The van der Waals surface area contributed by atoms with Gasteiger partial charge in [0.05, 0.1) is 33.2 Å². The summed E-state index contributed by atoms with van der Waals surface area (Å²) in [7, 11) is 6.06. The van der Waals surface area contributed by atoms with Gasteiger partial charge in [-0.25, -0.2) is 24.9 Å². The smallest absolute Gasteiger partial charge is 0.434 e. The number of hydrogen-bond acceptors (Lipinski definition) is 9. The number of imidazole rings is 1. The highest BCUT2D eigenvalue weighted by Gasteiger charge is 2.35. The largest absolute Gasteiger partial charge is 0.496 e. The molecule has 0 radical (unpaired) electrons. The Kier molecular flexibility index (Phi) is 6.98. The van der Waals surface area contributed by atoms with Crippen molar-refractivity contribution in [1.82, 2.24) is 29.5 Å². The minimum atomic E-state index is -4.53. The maximum absolute atomic E-state index is 13.1. The van der Waals surface area contributed by atoms with Gasteiger partial charge in [0.25, 0.3) is 0 Å². The fraction of sp³-hybridized carbons (Fsp3) is 0.346. The highest BCUT2D eigenvalue weighted by atomic mass is 19.4. The molecule has 0 spiro atoms. The summed E-state index contributed by atoms with van der Waals surface area (Å²) in [5.41, 5.74) is 1.76. The Balaban J connectivity index is 1.43. The second kappa shape index (κ2) is 10.4. The Hall–Kier alpha value is -4.42. The number of methoxy groups -OCH3 is 3. The van der Waals surface area contributed by atoms with E-state index in [1.54, 1.807) is 24.4 Å². The molecule has 3 heterocycles. The van der Waals surface area contributed by atoms with Crippen LogP contribution < -0.4 is 19.5 Å². The first-order valence-corrected chi connectivity index (χ1v) is 12.1. The fourth-order valence-corrected chi connectivity index (χ4v) is 4.26. The van der Waals surface area contributed by atoms with Crippen LogP contribution in [0.1, 0.15) is 35.7 Å². The zero-order valence-electron chi connectivity index (χ0n) is 21.7. The zero-order chi connectivity index (χ0) is 27.7. The predicted octanol–water partition coefficient (Wildman–Crippen LogP) is 4.87. The number of ether oxygens (including phenoxy) is 3. The highest BCUT2D eigenvalue weighted by Crippen LogP contribution is 2.45. The van der Waals surface area contributed by atoms with E-state index in [0.29, 0.717) is 46.1 Å². The Morgan fingerprint density at radius 1 is 1.00 bits per heavy atom. The van der Waals surface area contributed by atoms with Crippen LogP contribution in [0.25, 0.3) is 22.8 Å². The molecule has 1 aliphatic rings. The first-order valence-electron chi connectivity index (χ1n) is 12.1. The van der Waals surface area contributed by atoms with Crippen molar-refractivity contribution in [3.05, 3.63) is 53.9 Å². The third kappa shape index (κ3) is 5.29.